The molecule has 1 atom stereocenters. The predicted molar refractivity (Wildman–Crippen MR) is 72.1 cm³/mol. The predicted octanol–water partition coefficient (Wildman–Crippen LogP) is 1.56. The van der Waals surface area contributed by atoms with Gasteiger partial charge in [-0.05, 0) is 43.7 Å². The van der Waals surface area contributed by atoms with Crippen LogP contribution in [0.15, 0.2) is 24.3 Å². The fraction of sp³-hybridized carbons (Fsp3) is 0.385. The van der Waals surface area contributed by atoms with E-state index in [1.54, 1.807) is 24.3 Å². The van der Waals surface area contributed by atoms with Crippen molar-refractivity contribution in [1.29, 1.82) is 0 Å². The van der Waals surface area contributed by atoms with Gasteiger partial charge < -0.3 is 15.4 Å². The number of benzene rings is 1. The quantitative estimate of drug-likeness (QED) is 0.773. The molecule has 6 heteroatoms. The zero-order valence-corrected chi connectivity index (χ0v) is 10.7. The molecule has 1 heterocycles. The zero-order valence-electron chi connectivity index (χ0n) is 10.7. The number of anilines is 2. The maximum Gasteiger partial charge on any atom is 0.411 e. The number of hydrogen-bond acceptors (Lipinski definition) is 4. The third kappa shape index (κ3) is 3.69. The molecule has 1 fully saturated rings. The van der Waals surface area contributed by atoms with Gasteiger partial charge in [-0.3, -0.25) is 10.1 Å². The molecule has 1 aromatic rings. The molecule has 0 aliphatic carbocycles. The molecule has 3 N–H and O–H groups in total. The summed E-state index contributed by atoms with van der Waals surface area (Å²) in [5, 5.41) is 8.51. The summed E-state index contributed by atoms with van der Waals surface area (Å²) < 4.78 is 4.49. The van der Waals surface area contributed by atoms with Crippen molar-refractivity contribution < 1.29 is 14.3 Å². The molecule has 1 aliphatic heterocycles. The van der Waals surface area contributed by atoms with Crippen LogP contribution in [0.4, 0.5) is 16.2 Å². The Morgan fingerprint density at radius 3 is 2.37 bits per heavy atom. The van der Waals surface area contributed by atoms with E-state index in [-0.39, 0.29) is 11.9 Å². The van der Waals surface area contributed by atoms with E-state index in [4.69, 9.17) is 0 Å². The van der Waals surface area contributed by atoms with Crippen LogP contribution < -0.4 is 16.0 Å². The van der Waals surface area contributed by atoms with Crippen molar-refractivity contribution >= 4 is 23.4 Å². The Bertz CT molecular complexity index is 453. The molecular formula is C13H17N3O3. The lowest BCUT2D eigenvalue weighted by molar-refractivity contribution is -0.117. The highest BCUT2D eigenvalue weighted by Gasteiger charge is 2.21. The van der Waals surface area contributed by atoms with Gasteiger partial charge in [-0.1, -0.05) is 0 Å². The number of nitrogens with one attached hydrogen (secondary N) is 3. The number of ether oxygens (including phenoxy) is 1. The molecule has 1 aromatic carbocycles. The van der Waals surface area contributed by atoms with Crippen LogP contribution in [0.25, 0.3) is 0 Å². The molecule has 6 nitrogen and oxygen atoms in total. The van der Waals surface area contributed by atoms with Gasteiger partial charge in [0, 0.05) is 11.4 Å². The molecule has 1 aliphatic rings. The molecule has 102 valence electrons. The van der Waals surface area contributed by atoms with E-state index in [1.165, 1.54) is 7.11 Å². The van der Waals surface area contributed by atoms with Gasteiger partial charge in [0.15, 0.2) is 0 Å². The second kappa shape index (κ2) is 6.19. The fourth-order valence-electron chi connectivity index (χ4n) is 1.94. The SMILES string of the molecule is COC(=O)Nc1ccc(NC(=O)[C@H]2CCCN2)cc1. The first kappa shape index (κ1) is 13.4. The summed E-state index contributed by atoms with van der Waals surface area (Å²) >= 11 is 0. The van der Waals surface area contributed by atoms with Gasteiger partial charge in [0.05, 0.1) is 13.2 Å². The van der Waals surface area contributed by atoms with E-state index in [9.17, 15) is 9.59 Å². The van der Waals surface area contributed by atoms with Crippen molar-refractivity contribution in [2.24, 2.45) is 0 Å². The Balaban J connectivity index is 1.91. The lowest BCUT2D eigenvalue weighted by Gasteiger charge is -2.11. The maximum atomic E-state index is 11.9. The summed E-state index contributed by atoms with van der Waals surface area (Å²) in [6, 6.07) is 6.77. The molecular weight excluding hydrogens is 246 g/mol. The molecule has 0 spiro atoms. The lowest BCUT2D eigenvalue weighted by atomic mass is 10.2. The van der Waals surface area contributed by atoms with Crippen LogP contribution >= 0.6 is 0 Å². The molecule has 0 aromatic heterocycles. The van der Waals surface area contributed by atoms with Gasteiger partial charge in [-0.15, -0.1) is 0 Å². The number of carbonyl (C=O) groups excluding carboxylic acids is 2. The molecule has 0 radical (unpaired) electrons. The molecule has 2 rings (SSSR count). The number of hydrogen-bond donors (Lipinski definition) is 3. The molecule has 0 unspecified atom stereocenters. The van der Waals surface area contributed by atoms with Crippen molar-refractivity contribution in [3.63, 3.8) is 0 Å². The van der Waals surface area contributed by atoms with Gasteiger partial charge in [0.2, 0.25) is 5.91 Å². The van der Waals surface area contributed by atoms with Gasteiger partial charge in [0.25, 0.3) is 0 Å². The standard InChI is InChI=1S/C13H17N3O3/c1-19-13(18)16-10-6-4-9(5-7-10)15-12(17)11-3-2-8-14-11/h4-7,11,14H,2-3,8H2,1H3,(H,15,17)(H,16,18)/t11-/m1/s1. The van der Waals surface area contributed by atoms with E-state index in [0.717, 1.165) is 19.4 Å². The highest BCUT2D eigenvalue weighted by atomic mass is 16.5. The average Bonchev–Trinajstić information content (AvgIpc) is 2.95. The third-order valence-electron chi connectivity index (χ3n) is 2.96. The Morgan fingerprint density at radius 2 is 1.84 bits per heavy atom. The Hall–Kier alpha value is -2.08. The molecule has 2 amide bonds. The van der Waals surface area contributed by atoms with Crippen LogP contribution in [0.3, 0.4) is 0 Å². The van der Waals surface area contributed by atoms with Crippen molar-refractivity contribution in [3.8, 4) is 0 Å². The highest BCUT2D eigenvalue weighted by Crippen LogP contribution is 2.15. The van der Waals surface area contributed by atoms with Crippen LogP contribution in [0.5, 0.6) is 0 Å². The van der Waals surface area contributed by atoms with Crippen molar-refractivity contribution in [1.82, 2.24) is 5.32 Å². The van der Waals surface area contributed by atoms with E-state index in [2.05, 4.69) is 20.7 Å². The van der Waals surface area contributed by atoms with Crippen LogP contribution in [0.2, 0.25) is 0 Å². The van der Waals surface area contributed by atoms with Crippen LogP contribution in [0, 0.1) is 0 Å². The van der Waals surface area contributed by atoms with Crippen LogP contribution in [-0.4, -0.2) is 31.7 Å². The summed E-state index contributed by atoms with van der Waals surface area (Å²) in [7, 11) is 1.30. The minimum atomic E-state index is -0.521. The minimum absolute atomic E-state index is 0.0221. The zero-order chi connectivity index (χ0) is 13.7. The van der Waals surface area contributed by atoms with Crippen molar-refractivity contribution in [3.05, 3.63) is 24.3 Å². The minimum Gasteiger partial charge on any atom is -0.453 e. The Labute approximate surface area is 111 Å². The molecule has 19 heavy (non-hydrogen) atoms. The van der Waals surface area contributed by atoms with Gasteiger partial charge in [-0.25, -0.2) is 4.79 Å². The second-order valence-electron chi connectivity index (χ2n) is 4.33. The topological polar surface area (TPSA) is 79.5 Å². The first-order valence-corrected chi connectivity index (χ1v) is 6.18. The van der Waals surface area contributed by atoms with Crippen molar-refractivity contribution in [2.75, 3.05) is 24.3 Å². The lowest BCUT2D eigenvalue weighted by Crippen LogP contribution is -2.35. The highest BCUT2D eigenvalue weighted by molar-refractivity contribution is 5.95. The summed E-state index contributed by atoms with van der Waals surface area (Å²) in [6.45, 7) is 0.889. The first-order chi connectivity index (χ1) is 9.19. The summed E-state index contributed by atoms with van der Waals surface area (Å²) in [5.74, 6) is -0.0221. The number of rotatable bonds is 3. The normalized spacial score (nSPS) is 17.8. The fourth-order valence-corrected chi connectivity index (χ4v) is 1.94. The maximum absolute atomic E-state index is 11.9. The Kier molecular flexibility index (Phi) is 4.35. The van der Waals surface area contributed by atoms with Crippen LogP contribution in [0.1, 0.15) is 12.8 Å². The molecule has 0 bridgehead atoms. The number of carbonyl (C=O) groups is 2. The summed E-state index contributed by atoms with van der Waals surface area (Å²) in [4.78, 5) is 22.9. The van der Waals surface area contributed by atoms with Gasteiger partial charge >= 0.3 is 6.09 Å². The summed E-state index contributed by atoms with van der Waals surface area (Å²) in [5.41, 5.74) is 1.32. The van der Waals surface area contributed by atoms with E-state index in [0.29, 0.717) is 11.4 Å². The third-order valence-corrected chi connectivity index (χ3v) is 2.96. The van der Waals surface area contributed by atoms with E-state index >= 15 is 0 Å². The largest absolute Gasteiger partial charge is 0.453 e. The monoisotopic (exact) mass is 263 g/mol. The number of methoxy groups -OCH3 is 1. The van der Waals surface area contributed by atoms with E-state index in [1.807, 2.05) is 0 Å². The van der Waals surface area contributed by atoms with Gasteiger partial charge in [-0.2, -0.15) is 0 Å². The molecule has 1 saturated heterocycles. The van der Waals surface area contributed by atoms with Crippen LogP contribution in [-0.2, 0) is 9.53 Å². The smallest absolute Gasteiger partial charge is 0.411 e. The van der Waals surface area contributed by atoms with E-state index < -0.39 is 6.09 Å². The van der Waals surface area contributed by atoms with Gasteiger partial charge in [0.1, 0.15) is 0 Å². The second-order valence-corrected chi connectivity index (χ2v) is 4.33. The molecule has 0 saturated carbocycles. The summed E-state index contributed by atoms with van der Waals surface area (Å²) in [6.07, 6.45) is 1.38. The number of amides is 2. The Morgan fingerprint density at radius 1 is 1.21 bits per heavy atom. The first-order valence-electron chi connectivity index (χ1n) is 6.18. The van der Waals surface area contributed by atoms with Crippen molar-refractivity contribution in [2.45, 2.75) is 18.9 Å². The average molecular weight is 263 g/mol.